The Hall–Kier alpha value is -2.11. The van der Waals surface area contributed by atoms with Crippen molar-refractivity contribution in [1.82, 2.24) is 14.3 Å². The van der Waals surface area contributed by atoms with Gasteiger partial charge in [0.15, 0.2) is 0 Å². The molecule has 0 aliphatic carbocycles. The molecular weight excluding hydrogens is 235 g/mol. The first kappa shape index (κ1) is 12.3. The summed E-state index contributed by atoms with van der Waals surface area (Å²) in [5.41, 5.74) is 0.295. The van der Waals surface area contributed by atoms with Gasteiger partial charge in [-0.05, 0) is 26.0 Å². The molecule has 0 radical (unpaired) electrons. The number of aryl methyl sites for hydroxylation is 1. The third kappa shape index (κ3) is 2.27. The van der Waals surface area contributed by atoms with Crippen molar-refractivity contribution in [2.45, 2.75) is 19.9 Å². The Morgan fingerprint density at radius 3 is 2.72 bits per heavy atom. The zero-order chi connectivity index (χ0) is 13.3. The van der Waals surface area contributed by atoms with Crippen molar-refractivity contribution in [3.05, 3.63) is 40.8 Å². The van der Waals surface area contributed by atoms with Gasteiger partial charge in [-0.2, -0.15) is 4.39 Å². The number of aromatic nitrogens is 3. The summed E-state index contributed by atoms with van der Waals surface area (Å²) in [4.78, 5) is 12.2. The minimum absolute atomic E-state index is 0.132. The van der Waals surface area contributed by atoms with Gasteiger partial charge in [0, 0.05) is 19.3 Å². The molecule has 2 aromatic heterocycles. The van der Waals surface area contributed by atoms with E-state index in [9.17, 15) is 9.18 Å². The lowest BCUT2D eigenvalue weighted by Gasteiger charge is -2.10. The molecule has 0 unspecified atom stereocenters. The largest absolute Gasteiger partial charge is 0.378 e. The number of nitrogens with zero attached hydrogens (tertiary/aromatic N) is 3. The van der Waals surface area contributed by atoms with Crippen molar-refractivity contribution in [2.75, 3.05) is 5.32 Å². The SMILES string of the molecule is CC(C)Nc1cccn(-c2cn(C)nc2F)c1=O. The van der Waals surface area contributed by atoms with Crippen molar-refractivity contribution in [3.8, 4) is 5.69 Å². The third-order valence-corrected chi connectivity index (χ3v) is 2.42. The van der Waals surface area contributed by atoms with Crippen LogP contribution in [0.25, 0.3) is 5.69 Å². The molecule has 0 fully saturated rings. The second-order valence-electron chi connectivity index (χ2n) is 4.37. The summed E-state index contributed by atoms with van der Waals surface area (Å²) in [5.74, 6) is -0.665. The van der Waals surface area contributed by atoms with Crippen LogP contribution in [-0.4, -0.2) is 20.4 Å². The lowest BCUT2D eigenvalue weighted by Crippen LogP contribution is -2.24. The monoisotopic (exact) mass is 250 g/mol. The van der Waals surface area contributed by atoms with Crippen LogP contribution < -0.4 is 10.9 Å². The third-order valence-electron chi connectivity index (χ3n) is 2.42. The maximum atomic E-state index is 13.6. The minimum Gasteiger partial charge on any atom is -0.378 e. The Morgan fingerprint density at radius 2 is 2.17 bits per heavy atom. The molecule has 0 atom stereocenters. The standard InChI is InChI=1S/C12H15FN4O/c1-8(2)14-9-5-4-6-17(12(9)18)10-7-16(3)15-11(10)13/h4-8,14H,1-3H3. The number of hydrogen-bond acceptors (Lipinski definition) is 3. The molecule has 0 bridgehead atoms. The van der Waals surface area contributed by atoms with Gasteiger partial charge in [0.2, 0.25) is 0 Å². The zero-order valence-electron chi connectivity index (χ0n) is 10.5. The Bertz CT molecular complexity index is 615. The molecule has 2 rings (SSSR count). The highest BCUT2D eigenvalue weighted by Crippen LogP contribution is 2.10. The van der Waals surface area contributed by atoms with Crippen molar-refractivity contribution < 1.29 is 4.39 Å². The summed E-state index contributed by atoms with van der Waals surface area (Å²) in [7, 11) is 1.60. The predicted octanol–water partition coefficient (Wildman–Crippen LogP) is 1.53. The van der Waals surface area contributed by atoms with Gasteiger partial charge in [-0.1, -0.05) is 0 Å². The molecule has 96 valence electrons. The highest BCUT2D eigenvalue weighted by Gasteiger charge is 2.12. The number of hydrogen-bond donors (Lipinski definition) is 1. The van der Waals surface area contributed by atoms with Crippen LogP contribution >= 0.6 is 0 Å². The lowest BCUT2D eigenvalue weighted by molar-refractivity contribution is 0.548. The van der Waals surface area contributed by atoms with Gasteiger partial charge >= 0.3 is 0 Å². The van der Waals surface area contributed by atoms with E-state index < -0.39 is 5.95 Å². The highest BCUT2D eigenvalue weighted by molar-refractivity contribution is 5.44. The van der Waals surface area contributed by atoms with Gasteiger partial charge in [0.05, 0.1) is 6.20 Å². The topological polar surface area (TPSA) is 51.9 Å². The fraction of sp³-hybridized carbons (Fsp3) is 0.333. The molecule has 0 spiro atoms. The second-order valence-corrected chi connectivity index (χ2v) is 4.37. The number of nitrogens with one attached hydrogen (secondary N) is 1. The average molecular weight is 250 g/mol. The van der Waals surface area contributed by atoms with Crippen LogP contribution in [0.4, 0.5) is 10.1 Å². The zero-order valence-corrected chi connectivity index (χ0v) is 10.5. The average Bonchev–Trinajstić information content (AvgIpc) is 2.60. The van der Waals surface area contributed by atoms with Gasteiger partial charge in [0.1, 0.15) is 11.4 Å². The first-order chi connectivity index (χ1) is 8.49. The first-order valence-corrected chi connectivity index (χ1v) is 5.66. The minimum atomic E-state index is -0.665. The van der Waals surface area contributed by atoms with Gasteiger partial charge in [-0.3, -0.25) is 14.0 Å². The summed E-state index contributed by atoms with van der Waals surface area (Å²) >= 11 is 0. The fourth-order valence-electron chi connectivity index (χ4n) is 1.72. The van der Waals surface area contributed by atoms with Crippen molar-refractivity contribution >= 4 is 5.69 Å². The maximum Gasteiger partial charge on any atom is 0.278 e. The van der Waals surface area contributed by atoms with Gasteiger partial charge in [-0.25, -0.2) is 0 Å². The number of pyridine rings is 1. The quantitative estimate of drug-likeness (QED) is 0.898. The molecule has 0 saturated heterocycles. The molecule has 2 heterocycles. The summed E-state index contributed by atoms with van der Waals surface area (Å²) in [6, 6.07) is 3.50. The molecule has 0 aromatic carbocycles. The van der Waals surface area contributed by atoms with Crippen LogP contribution in [0.15, 0.2) is 29.3 Å². The molecule has 0 amide bonds. The van der Waals surface area contributed by atoms with E-state index in [4.69, 9.17) is 0 Å². The molecule has 18 heavy (non-hydrogen) atoms. The molecule has 2 aromatic rings. The lowest BCUT2D eigenvalue weighted by atomic mass is 10.3. The van der Waals surface area contributed by atoms with Gasteiger partial charge in [-0.15, -0.1) is 5.10 Å². The first-order valence-electron chi connectivity index (χ1n) is 5.66. The van der Waals surface area contributed by atoms with E-state index in [1.807, 2.05) is 13.8 Å². The number of halogens is 1. The normalized spacial score (nSPS) is 10.9. The van der Waals surface area contributed by atoms with Crippen LogP contribution in [0.3, 0.4) is 0 Å². The van der Waals surface area contributed by atoms with Crippen LogP contribution in [0.1, 0.15) is 13.8 Å². The van der Waals surface area contributed by atoms with Crippen molar-refractivity contribution in [2.24, 2.45) is 7.05 Å². The Kier molecular flexibility index (Phi) is 3.18. The van der Waals surface area contributed by atoms with E-state index in [0.29, 0.717) is 5.69 Å². The van der Waals surface area contributed by atoms with Crippen LogP contribution in [0, 0.1) is 5.95 Å². The number of rotatable bonds is 3. The molecule has 5 nitrogen and oxygen atoms in total. The predicted molar refractivity (Wildman–Crippen MR) is 67.5 cm³/mol. The molecule has 0 aliphatic rings. The Labute approximate surface area is 104 Å². The smallest absolute Gasteiger partial charge is 0.278 e. The Morgan fingerprint density at radius 1 is 1.44 bits per heavy atom. The molecular formula is C12H15FN4O. The van der Waals surface area contributed by atoms with Crippen LogP contribution in [0.5, 0.6) is 0 Å². The summed E-state index contributed by atoms with van der Waals surface area (Å²) in [5, 5.41) is 6.62. The number of anilines is 1. The van der Waals surface area contributed by atoms with Crippen molar-refractivity contribution in [3.63, 3.8) is 0 Å². The molecule has 6 heteroatoms. The van der Waals surface area contributed by atoms with E-state index in [0.717, 1.165) is 0 Å². The van der Waals surface area contributed by atoms with Crippen LogP contribution in [-0.2, 0) is 7.05 Å². The summed E-state index contributed by atoms with van der Waals surface area (Å²) in [6.07, 6.45) is 2.99. The van der Waals surface area contributed by atoms with E-state index in [1.54, 1.807) is 19.2 Å². The molecule has 1 N–H and O–H groups in total. The second kappa shape index (κ2) is 4.64. The molecule has 0 aliphatic heterocycles. The van der Waals surface area contributed by atoms with Gasteiger partial charge < -0.3 is 5.32 Å². The van der Waals surface area contributed by atoms with E-state index >= 15 is 0 Å². The van der Waals surface area contributed by atoms with Crippen molar-refractivity contribution in [1.29, 1.82) is 0 Å². The van der Waals surface area contributed by atoms with Gasteiger partial charge in [0.25, 0.3) is 11.5 Å². The highest BCUT2D eigenvalue weighted by atomic mass is 19.1. The van der Waals surface area contributed by atoms with E-state index in [2.05, 4.69) is 10.4 Å². The summed E-state index contributed by atoms with van der Waals surface area (Å²) in [6.45, 7) is 3.86. The fourth-order valence-corrected chi connectivity index (χ4v) is 1.72. The van der Waals surface area contributed by atoms with E-state index in [1.165, 1.54) is 21.6 Å². The van der Waals surface area contributed by atoms with E-state index in [-0.39, 0.29) is 17.3 Å². The summed E-state index contributed by atoms with van der Waals surface area (Å²) < 4.78 is 16.1. The maximum absolute atomic E-state index is 13.6. The molecule has 0 saturated carbocycles. The van der Waals surface area contributed by atoms with Crippen LogP contribution in [0.2, 0.25) is 0 Å². The Balaban J connectivity index is 2.53.